The lowest BCUT2D eigenvalue weighted by Gasteiger charge is -2.23. The highest BCUT2D eigenvalue weighted by Gasteiger charge is 2.37. The van der Waals surface area contributed by atoms with Crippen LogP contribution in [0.2, 0.25) is 0 Å². The number of benzene rings is 1. The van der Waals surface area contributed by atoms with Crippen molar-refractivity contribution in [2.45, 2.75) is 12.1 Å². The van der Waals surface area contributed by atoms with Gasteiger partial charge in [-0.15, -0.1) is 6.42 Å². The summed E-state index contributed by atoms with van der Waals surface area (Å²) >= 11 is 0. The van der Waals surface area contributed by atoms with E-state index in [1.807, 2.05) is 18.2 Å². The van der Waals surface area contributed by atoms with Gasteiger partial charge in [-0.05, 0) is 11.6 Å². The summed E-state index contributed by atoms with van der Waals surface area (Å²) in [4.78, 5) is 23.7. The first-order valence-corrected chi connectivity index (χ1v) is 6.50. The van der Waals surface area contributed by atoms with Gasteiger partial charge in [-0.25, -0.2) is 9.59 Å². The predicted octanol–water partition coefficient (Wildman–Crippen LogP) is 0.973. The van der Waals surface area contributed by atoms with Gasteiger partial charge < -0.3 is 15.2 Å². The summed E-state index contributed by atoms with van der Waals surface area (Å²) in [6, 6.07) is 9.09. The van der Waals surface area contributed by atoms with E-state index in [0.29, 0.717) is 0 Å². The van der Waals surface area contributed by atoms with E-state index in [1.54, 1.807) is 12.1 Å². The second kappa shape index (κ2) is 8.49. The highest BCUT2D eigenvalue weighted by atomic mass is 16.6. The molecule has 3 N–H and O–H groups in total. The van der Waals surface area contributed by atoms with Crippen LogP contribution in [0.15, 0.2) is 42.5 Å². The fourth-order valence-corrected chi connectivity index (χ4v) is 1.63. The smallest absolute Gasteiger partial charge is 0.409 e. The number of esters is 1. The van der Waals surface area contributed by atoms with Gasteiger partial charge in [-0.1, -0.05) is 42.3 Å². The lowest BCUT2D eigenvalue weighted by molar-refractivity contribution is -0.144. The minimum absolute atomic E-state index is 0.0507. The van der Waals surface area contributed by atoms with Crippen LogP contribution in [0.1, 0.15) is 5.56 Å². The number of hydrogen-bond acceptors (Lipinski definition) is 5. The number of carbonyl (C=O) groups excluding carboxylic acids is 2. The molecule has 1 rings (SSSR count). The molecule has 116 valence electrons. The second-order valence-electron chi connectivity index (χ2n) is 4.27. The van der Waals surface area contributed by atoms with Crippen LogP contribution in [-0.2, 0) is 20.9 Å². The third-order valence-corrected chi connectivity index (χ3v) is 2.75. The Morgan fingerprint density at radius 3 is 2.64 bits per heavy atom. The normalized spacial score (nSPS) is 13.0. The van der Waals surface area contributed by atoms with Gasteiger partial charge in [-0.2, -0.15) is 0 Å². The van der Waals surface area contributed by atoms with Crippen LogP contribution in [0.3, 0.4) is 0 Å². The van der Waals surface area contributed by atoms with Gasteiger partial charge in [-0.3, -0.25) is 5.32 Å². The molecule has 1 aromatic rings. The Kier molecular flexibility index (Phi) is 6.67. The molecule has 1 aromatic carbocycles. The molecule has 1 atom stereocenters. The van der Waals surface area contributed by atoms with Crippen LogP contribution in [0.4, 0.5) is 4.79 Å². The molecule has 1 amide bonds. The van der Waals surface area contributed by atoms with Crippen molar-refractivity contribution in [2.75, 3.05) is 13.7 Å². The quantitative estimate of drug-likeness (QED) is 0.464. The van der Waals surface area contributed by atoms with E-state index in [2.05, 4.69) is 16.0 Å². The number of rotatable bonds is 6. The van der Waals surface area contributed by atoms with Crippen molar-refractivity contribution >= 4 is 12.1 Å². The van der Waals surface area contributed by atoms with Gasteiger partial charge >= 0.3 is 12.1 Å². The summed E-state index contributed by atoms with van der Waals surface area (Å²) < 4.78 is 9.67. The van der Waals surface area contributed by atoms with Crippen molar-refractivity contribution in [3.63, 3.8) is 0 Å². The first kappa shape index (κ1) is 17.3. The maximum atomic E-state index is 11.9. The molecule has 0 spiro atoms. The summed E-state index contributed by atoms with van der Waals surface area (Å²) in [5, 5.41) is 2.32. The third kappa shape index (κ3) is 4.65. The first-order chi connectivity index (χ1) is 10.6. The molecular weight excluding hydrogens is 284 g/mol. The number of alkyl carbamates (subject to hydrolysis) is 1. The molecule has 0 aliphatic rings. The topological polar surface area (TPSA) is 90.6 Å². The Morgan fingerprint density at radius 2 is 2.09 bits per heavy atom. The van der Waals surface area contributed by atoms with E-state index in [9.17, 15) is 9.59 Å². The fraction of sp³-hybridized carbons (Fsp3) is 0.250. The summed E-state index contributed by atoms with van der Waals surface area (Å²) in [5.41, 5.74) is 4.40. The lowest BCUT2D eigenvalue weighted by Crippen LogP contribution is -2.53. The Bertz CT molecular complexity index is 578. The van der Waals surface area contributed by atoms with Gasteiger partial charge in [0.2, 0.25) is 5.54 Å². The van der Waals surface area contributed by atoms with Crippen LogP contribution >= 0.6 is 0 Å². The Labute approximate surface area is 129 Å². The lowest BCUT2D eigenvalue weighted by atomic mass is 10.0. The van der Waals surface area contributed by atoms with Crippen LogP contribution in [-0.4, -0.2) is 31.3 Å². The maximum Gasteiger partial charge on any atom is 0.409 e. The highest BCUT2D eigenvalue weighted by Crippen LogP contribution is 2.10. The maximum absolute atomic E-state index is 11.9. The number of carbonyl (C=O) groups is 2. The minimum Gasteiger partial charge on any atom is -0.466 e. The number of terminal acetylenes is 1. The summed E-state index contributed by atoms with van der Waals surface area (Å²) in [6.45, 7) is 0.205. The van der Waals surface area contributed by atoms with Crippen molar-refractivity contribution in [3.05, 3.63) is 48.0 Å². The molecule has 0 saturated heterocycles. The van der Waals surface area contributed by atoms with E-state index < -0.39 is 17.6 Å². The van der Waals surface area contributed by atoms with Gasteiger partial charge in [0.25, 0.3) is 0 Å². The van der Waals surface area contributed by atoms with Crippen molar-refractivity contribution < 1.29 is 19.1 Å². The van der Waals surface area contributed by atoms with E-state index >= 15 is 0 Å². The molecule has 6 heteroatoms. The van der Waals surface area contributed by atoms with Crippen molar-refractivity contribution in [1.29, 1.82) is 0 Å². The molecule has 1 unspecified atom stereocenters. The molecule has 0 aromatic heterocycles. The van der Waals surface area contributed by atoms with E-state index in [4.69, 9.17) is 16.9 Å². The molecule has 0 aliphatic carbocycles. The summed E-state index contributed by atoms with van der Waals surface area (Å²) in [6.07, 6.45) is 7.28. The Morgan fingerprint density at radius 1 is 1.41 bits per heavy atom. The van der Waals surface area contributed by atoms with Crippen molar-refractivity contribution in [1.82, 2.24) is 5.32 Å². The highest BCUT2D eigenvalue weighted by molar-refractivity contribution is 5.91. The molecule has 22 heavy (non-hydrogen) atoms. The summed E-state index contributed by atoms with van der Waals surface area (Å²) in [7, 11) is 1.17. The number of ether oxygens (including phenoxy) is 2. The van der Waals surface area contributed by atoms with Gasteiger partial charge in [0.1, 0.15) is 6.61 Å². The molecule has 0 radical (unpaired) electrons. The standard InChI is InChI=1S/C16H18N2O4/c1-3-16(10-7-11-17,14(19)21-2)18-15(20)22-12-13-8-5-4-6-9-13/h1,4-10H,11-12,17H2,2H3,(H,18,20). The molecule has 6 nitrogen and oxygen atoms in total. The monoisotopic (exact) mass is 302 g/mol. The zero-order valence-electron chi connectivity index (χ0n) is 12.2. The predicted molar refractivity (Wildman–Crippen MR) is 81.5 cm³/mol. The fourth-order valence-electron chi connectivity index (χ4n) is 1.63. The van der Waals surface area contributed by atoms with Crippen LogP contribution in [0, 0.1) is 12.3 Å². The molecular formula is C16H18N2O4. The number of nitrogens with two attached hydrogens (primary N) is 1. The number of amides is 1. The van der Waals surface area contributed by atoms with Crippen LogP contribution < -0.4 is 11.1 Å². The van der Waals surface area contributed by atoms with E-state index in [1.165, 1.54) is 19.3 Å². The SMILES string of the molecule is C#CC(C=CCN)(NC(=O)OCc1ccccc1)C(=O)OC. The molecule has 0 saturated carbocycles. The van der Waals surface area contributed by atoms with Gasteiger partial charge in [0, 0.05) is 6.54 Å². The zero-order valence-corrected chi connectivity index (χ0v) is 12.2. The Hall–Kier alpha value is -2.78. The van der Waals surface area contributed by atoms with Gasteiger partial charge in [0.05, 0.1) is 7.11 Å². The van der Waals surface area contributed by atoms with Crippen molar-refractivity contribution in [2.24, 2.45) is 5.73 Å². The summed E-state index contributed by atoms with van der Waals surface area (Å²) in [5.74, 6) is 1.39. The Balaban J connectivity index is 2.77. The number of hydrogen-bond donors (Lipinski definition) is 2. The molecule has 0 fully saturated rings. The van der Waals surface area contributed by atoms with Crippen molar-refractivity contribution in [3.8, 4) is 12.3 Å². The molecule has 0 heterocycles. The average Bonchev–Trinajstić information content (AvgIpc) is 2.57. The van der Waals surface area contributed by atoms with Gasteiger partial charge in [0.15, 0.2) is 0 Å². The first-order valence-electron chi connectivity index (χ1n) is 6.50. The molecule has 0 bridgehead atoms. The largest absolute Gasteiger partial charge is 0.466 e. The average molecular weight is 302 g/mol. The molecule has 0 aliphatic heterocycles. The number of methoxy groups -OCH3 is 1. The van der Waals surface area contributed by atoms with E-state index in [-0.39, 0.29) is 13.2 Å². The second-order valence-corrected chi connectivity index (χ2v) is 4.27. The van der Waals surface area contributed by atoms with Crippen LogP contribution in [0.5, 0.6) is 0 Å². The minimum atomic E-state index is -1.75. The number of nitrogens with one attached hydrogen (secondary N) is 1. The van der Waals surface area contributed by atoms with E-state index in [0.717, 1.165) is 5.56 Å². The zero-order chi connectivity index (χ0) is 16.4. The third-order valence-electron chi connectivity index (χ3n) is 2.75. The van der Waals surface area contributed by atoms with Crippen LogP contribution in [0.25, 0.3) is 0 Å².